The maximum atomic E-state index is 12.5. The number of aromatic nitrogens is 1. The molecule has 0 unspecified atom stereocenters. The maximum Gasteiger partial charge on any atom is 0.236 e. The largest absolute Gasteiger partial charge is 0.395 e. The summed E-state index contributed by atoms with van der Waals surface area (Å²) in [5.41, 5.74) is 5.94. The molecule has 0 aliphatic carbocycles. The number of hydrogen-bond donors (Lipinski definition) is 2. The standard InChI is InChI=1S/C8H9FN2O/c9-8-7(10)4-6(5-11-8)2-1-3-12/h1-2,4-5,12H,3,10H2. The van der Waals surface area contributed by atoms with E-state index in [1.54, 1.807) is 6.08 Å². The number of halogens is 1. The van der Waals surface area contributed by atoms with Gasteiger partial charge in [-0.2, -0.15) is 4.39 Å². The number of aliphatic hydroxyl groups is 1. The molecule has 4 heteroatoms. The van der Waals surface area contributed by atoms with E-state index in [0.717, 1.165) is 0 Å². The molecule has 1 rings (SSSR count). The highest BCUT2D eigenvalue weighted by Crippen LogP contribution is 2.09. The molecule has 3 nitrogen and oxygen atoms in total. The Labute approximate surface area is 69.4 Å². The van der Waals surface area contributed by atoms with Crippen LogP contribution in [0.15, 0.2) is 18.3 Å². The lowest BCUT2D eigenvalue weighted by Gasteiger charge is -1.96. The average molecular weight is 168 g/mol. The van der Waals surface area contributed by atoms with Gasteiger partial charge >= 0.3 is 0 Å². The number of anilines is 1. The van der Waals surface area contributed by atoms with Crippen molar-refractivity contribution >= 4 is 11.8 Å². The first kappa shape index (κ1) is 8.67. The van der Waals surface area contributed by atoms with Gasteiger partial charge in [-0.3, -0.25) is 0 Å². The molecule has 0 amide bonds. The zero-order valence-electron chi connectivity index (χ0n) is 6.37. The molecule has 0 spiro atoms. The summed E-state index contributed by atoms with van der Waals surface area (Å²) in [4.78, 5) is 3.41. The molecule has 0 saturated heterocycles. The second kappa shape index (κ2) is 3.82. The number of rotatable bonds is 2. The van der Waals surface area contributed by atoms with Gasteiger partial charge in [0.2, 0.25) is 5.95 Å². The van der Waals surface area contributed by atoms with Crippen LogP contribution in [-0.4, -0.2) is 16.7 Å². The van der Waals surface area contributed by atoms with E-state index in [1.165, 1.54) is 18.3 Å². The van der Waals surface area contributed by atoms with Gasteiger partial charge in [-0.15, -0.1) is 0 Å². The predicted molar refractivity (Wildman–Crippen MR) is 44.7 cm³/mol. The van der Waals surface area contributed by atoms with Crippen molar-refractivity contribution in [2.24, 2.45) is 0 Å². The minimum atomic E-state index is -0.670. The van der Waals surface area contributed by atoms with Gasteiger partial charge in [0, 0.05) is 6.20 Å². The first-order chi connectivity index (χ1) is 5.74. The molecule has 1 aromatic rings. The minimum absolute atomic E-state index is 0.00934. The summed E-state index contributed by atoms with van der Waals surface area (Å²) in [6.45, 7) is -0.0583. The Balaban J connectivity index is 2.89. The molecule has 0 saturated carbocycles. The molecule has 1 aromatic heterocycles. The van der Waals surface area contributed by atoms with E-state index in [9.17, 15) is 4.39 Å². The van der Waals surface area contributed by atoms with Gasteiger partial charge in [-0.25, -0.2) is 4.98 Å². The van der Waals surface area contributed by atoms with E-state index >= 15 is 0 Å². The second-order valence-corrected chi connectivity index (χ2v) is 2.23. The molecule has 64 valence electrons. The number of pyridine rings is 1. The van der Waals surface area contributed by atoms with E-state index < -0.39 is 5.95 Å². The van der Waals surface area contributed by atoms with Gasteiger partial charge in [0.1, 0.15) is 0 Å². The van der Waals surface area contributed by atoms with Crippen LogP contribution in [0.25, 0.3) is 6.08 Å². The summed E-state index contributed by atoms with van der Waals surface area (Å²) in [7, 11) is 0. The molecule has 0 aromatic carbocycles. The molecular weight excluding hydrogens is 159 g/mol. The third kappa shape index (κ3) is 2.03. The highest BCUT2D eigenvalue weighted by Gasteiger charge is 1.97. The summed E-state index contributed by atoms with van der Waals surface area (Å²) in [6.07, 6.45) is 4.48. The Kier molecular flexibility index (Phi) is 2.76. The molecule has 3 N–H and O–H groups in total. The van der Waals surface area contributed by atoms with Crippen molar-refractivity contribution in [3.63, 3.8) is 0 Å². The zero-order valence-corrected chi connectivity index (χ0v) is 6.37. The van der Waals surface area contributed by atoms with Crippen molar-refractivity contribution in [1.29, 1.82) is 0 Å². The topological polar surface area (TPSA) is 59.1 Å². The predicted octanol–water partition coefficient (Wildman–Crippen LogP) is 0.808. The van der Waals surface area contributed by atoms with Crippen LogP contribution in [0.3, 0.4) is 0 Å². The van der Waals surface area contributed by atoms with Gasteiger partial charge in [0.15, 0.2) is 0 Å². The lowest BCUT2D eigenvalue weighted by atomic mass is 10.2. The van der Waals surface area contributed by atoms with Crippen LogP contribution in [-0.2, 0) is 0 Å². The van der Waals surface area contributed by atoms with Crippen molar-refractivity contribution < 1.29 is 9.50 Å². The summed E-state index contributed by atoms with van der Waals surface area (Å²) < 4.78 is 12.5. The Morgan fingerprint density at radius 1 is 1.67 bits per heavy atom. The van der Waals surface area contributed by atoms with Gasteiger partial charge in [-0.1, -0.05) is 12.2 Å². The van der Waals surface area contributed by atoms with Crippen LogP contribution in [0, 0.1) is 5.95 Å². The van der Waals surface area contributed by atoms with Crippen molar-refractivity contribution in [2.75, 3.05) is 12.3 Å². The van der Waals surface area contributed by atoms with Crippen LogP contribution in [0.4, 0.5) is 10.1 Å². The molecule has 0 atom stereocenters. The molecule has 0 radical (unpaired) electrons. The van der Waals surface area contributed by atoms with E-state index in [2.05, 4.69) is 4.98 Å². The second-order valence-electron chi connectivity index (χ2n) is 2.23. The maximum absolute atomic E-state index is 12.5. The molecule has 0 fully saturated rings. The third-order valence-corrected chi connectivity index (χ3v) is 1.30. The molecule has 0 aliphatic rings. The highest BCUT2D eigenvalue weighted by molar-refractivity contribution is 5.53. The Morgan fingerprint density at radius 2 is 2.42 bits per heavy atom. The van der Waals surface area contributed by atoms with E-state index in [4.69, 9.17) is 10.8 Å². The van der Waals surface area contributed by atoms with Crippen LogP contribution >= 0.6 is 0 Å². The normalized spacial score (nSPS) is 10.8. The Bertz CT molecular complexity index is 299. The molecule has 0 bridgehead atoms. The lowest BCUT2D eigenvalue weighted by molar-refractivity contribution is 0.343. The minimum Gasteiger partial charge on any atom is -0.395 e. The fourth-order valence-electron chi connectivity index (χ4n) is 0.762. The van der Waals surface area contributed by atoms with Crippen LogP contribution in [0.2, 0.25) is 0 Å². The van der Waals surface area contributed by atoms with E-state index in [-0.39, 0.29) is 12.3 Å². The van der Waals surface area contributed by atoms with Crippen molar-refractivity contribution in [2.45, 2.75) is 0 Å². The molecular formula is C8H9FN2O. The van der Waals surface area contributed by atoms with Crippen molar-refractivity contribution in [3.05, 3.63) is 29.9 Å². The monoisotopic (exact) mass is 168 g/mol. The fourth-order valence-corrected chi connectivity index (χ4v) is 0.762. The number of aliphatic hydroxyl groups excluding tert-OH is 1. The van der Waals surface area contributed by atoms with Crippen molar-refractivity contribution in [3.8, 4) is 0 Å². The summed E-state index contributed by atoms with van der Waals surface area (Å²) >= 11 is 0. The first-order valence-electron chi connectivity index (χ1n) is 3.42. The van der Waals surface area contributed by atoms with Gasteiger partial charge in [0.25, 0.3) is 0 Å². The Morgan fingerprint density at radius 3 is 3.00 bits per heavy atom. The SMILES string of the molecule is Nc1cc(C=CCO)cnc1F. The third-order valence-electron chi connectivity index (χ3n) is 1.30. The van der Waals surface area contributed by atoms with Gasteiger partial charge in [0.05, 0.1) is 12.3 Å². The molecule has 0 aliphatic heterocycles. The molecule has 12 heavy (non-hydrogen) atoms. The fraction of sp³-hybridized carbons (Fsp3) is 0.125. The molecule has 1 heterocycles. The lowest BCUT2D eigenvalue weighted by Crippen LogP contribution is -1.93. The zero-order chi connectivity index (χ0) is 8.97. The summed E-state index contributed by atoms with van der Waals surface area (Å²) in [5, 5.41) is 8.44. The highest BCUT2D eigenvalue weighted by atomic mass is 19.1. The van der Waals surface area contributed by atoms with Gasteiger partial charge in [-0.05, 0) is 11.6 Å². The van der Waals surface area contributed by atoms with Crippen LogP contribution in [0.5, 0.6) is 0 Å². The summed E-state index contributed by atoms with van der Waals surface area (Å²) in [5.74, 6) is -0.670. The summed E-state index contributed by atoms with van der Waals surface area (Å²) in [6, 6.07) is 1.45. The van der Waals surface area contributed by atoms with Gasteiger partial charge < -0.3 is 10.8 Å². The van der Waals surface area contributed by atoms with Crippen LogP contribution < -0.4 is 5.73 Å². The number of hydrogen-bond acceptors (Lipinski definition) is 3. The van der Waals surface area contributed by atoms with E-state index in [1.807, 2.05) is 0 Å². The Hall–Kier alpha value is -1.42. The van der Waals surface area contributed by atoms with Crippen LogP contribution in [0.1, 0.15) is 5.56 Å². The smallest absolute Gasteiger partial charge is 0.236 e. The average Bonchev–Trinajstić information content (AvgIpc) is 2.07. The quantitative estimate of drug-likeness (QED) is 0.642. The number of nitrogen functional groups attached to an aromatic ring is 1. The first-order valence-corrected chi connectivity index (χ1v) is 3.42. The van der Waals surface area contributed by atoms with E-state index in [0.29, 0.717) is 5.56 Å². The van der Waals surface area contributed by atoms with Crippen molar-refractivity contribution in [1.82, 2.24) is 4.98 Å². The number of nitrogens with two attached hydrogens (primary N) is 1. The number of nitrogens with zero attached hydrogens (tertiary/aromatic N) is 1.